The van der Waals surface area contributed by atoms with Crippen LogP contribution in [0.15, 0.2) is 27.7 Å². The lowest BCUT2D eigenvalue weighted by Gasteiger charge is -2.02. The SMILES string of the molecule is CCCn1c(=NC(=O)CC)sc2cc(Br)ccc21. The van der Waals surface area contributed by atoms with Crippen molar-refractivity contribution in [2.45, 2.75) is 33.2 Å². The molecule has 0 spiro atoms. The number of carbonyl (C=O) groups excluding carboxylic acids is 1. The number of benzene rings is 1. The van der Waals surface area contributed by atoms with Crippen LogP contribution in [-0.2, 0) is 11.3 Å². The maximum atomic E-state index is 11.5. The zero-order chi connectivity index (χ0) is 13.1. The van der Waals surface area contributed by atoms with Gasteiger partial charge in [0.2, 0.25) is 5.91 Å². The van der Waals surface area contributed by atoms with Gasteiger partial charge in [-0.3, -0.25) is 4.79 Å². The van der Waals surface area contributed by atoms with Crippen LogP contribution in [0, 0.1) is 0 Å². The Bertz CT molecular complexity index is 642. The fraction of sp³-hybridized carbons (Fsp3) is 0.385. The molecule has 0 bridgehead atoms. The minimum absolute atomic E-state index is 0.0644. The van der Waals surface area contributed by atoms with Gasteiger partial charge in [0, 0.05) is 17.4 Å². The summed E-state index contributed by atoms with van der Waals surface area (Å²) in [5, 5.41) is 0. The summed E-state index contributed by atoms with van der Waals surface area (Å²) in [5.74, 6) is -0.0644. The van der Waals surface area contributed by atoms with Crippen LogP contribution >= 0.6 is 27.3 Å². The van der Waals surface area contributed by atoms with Gasteiger partial charge in [-0.05, 0) is 24.6 Å². The Hall–Kier alpha value is -0.940. The van der Waals surface area contributed by atoms with Crippen molar-refractivity contribution in [3.63, 3.8) is 0 Å². The van der Waals surface area contributed by atoms with Gasteiger partial charge in [-0.25, -0.2) is 0 Å². The van der Waals surface area contributed by atoms with Gasteiger partial charge < -0.3 is 4.57 Å². The Morgan fingerprint density at radius 2 is 2.22 bits per heavy atom. The van der Waals surface area contributed by atoms with E-state index in [0.717, 1.165) is 32.5 Å². The molecule has 0 aliphatic rings. The third kappa shape index (κ3) is 2.72. The normalized spacial score (nSPS) is 12.3. The molecule has 0 aliphatic carbocycles. The minimum atomic E-state index is -0.0644. The Kier molecular flexibility index (Phi) is 4.35. The summed E-state index contributed by atoms with van der Waals surface area (Å²) in [6, 6.07) is 6.16. The lowest BCUT2D eigenvalue weighted by molar-refractivity contribution is -0.117. The average molecular weight is 327 g/mol. The predicted octanol–water partition coefficient (Wildman–Crippen LogP) is 3.71. The second kappa shape index (κ2) is 5.80. The molecule has 3 nitrogen and oxygen atoms in total. The standard InChI is InChI=1S/C13H15BrN2OS/c1-3-7-16-10-6-5-9(14)8-11(10)18-13(16)15-12(17)4-2/h5-6,8H,3-4,7H2,1-2H3. The van der Waals surface area contributed by atoms with Gasteiger partial charge in [0.05, 0.1) is 10.2 Å². The van der Waals surface area contributed by atoms with Crippen molar-refractivity contribution in [2.24, 2.45) is 4.99 Å². The van der Waals surface area contributed by atoms with Gasteiger partial charge in [-0.2, -0.15) is 4.99 Å². The van der Waals surface area contributed by atoms with Gasteiger partial charge in [-0.15, -0.1) is 0 Å². The summed E-state index contributed by atoms with van der Waals surface area (Å²) >= 11 is 5.04. The van der Waals surface area contributed by atoms with E-state index in [-0.39, 0.29) is 5.91 Å². The fourth-order valence-electron chi connectivity index (χ4n) is 1.76. The molecule has 1 aromatic carbocycles. The van der Waals surface area contributed by atoms with Crippen molar-refractivity contribution in [1.29, 1.82) is 0 Å². The van der Waals surface area contributed by atoms with E-state index in [9.17, 15) is 4.79 Å². The third-order valence-electron chi connectivity index (χ3n) is 2.61. The van der Waals surface area contributed by atoms with Crippen LogP contribution in [-0.4, -0.2) is 10.5 Å². The van der Waals surface area contributed by atoms with Gasteiger partial charge in [-0.1, -0.05) is 41.1 Å². The van der Waals surface area contributed by atoms with Crippen molar-refractivity contribution < 1.29 is 4.79 Å². The third-order valence-corrected chi connectivity index (χ3v) is 4.15. The maximum Gasteiger partial charge on any atom is 0.248 e. The molecule has 1 amide bonds. The molecule has 0 radical (unpaired) electrons. The van der Waals surface area contributed by atoms with Crippen LogP contribution in [0.2, 0.25) is 0 Å². The first-order valence-electron chi connectivity index (χ1n) is 6.02. The molecule has 96 valence electrons. The lowest BCUT2D eigenvalue weighted by Crippen LogP contribution is -2.16. The molecule has 2 aromatic rings. The van der Waals surface area contributed by atoms with Crippen LogP contribution in [0.1, 0.15) is 26.7 Å². The summed E-state index contributed by atoms with van der Waals surface area (Å²) in [6.45, 7) is 4.85. The topological polar surface area (TPSA) is 34.4 Å². The van der Waals surface area contributed by atoms with Gasteiger partial charge >= 0.3 is 0 Å². The molecule has 0 fully saturated rings. The number of rotatable bonds is 3. The highest BCUT2D eigenvalue weighted by Crippen LogP contribution is 2.22. The van der Waals surface area contributed by atoms with Crippen molar-refractivity contribution in [3.05, 3.63) is 27.5 Å². The fourth-order valence-corrected chi connectivity index (χ4v) is 3.38. The molecular formula is C13H15BrN2OS. The van der Waals surface area contributed by atoms with Crippen LogP contribution < -0.4 is 4.80 Å². The van der Waals surface area contributed by atoms with E-state index in [1.807, 2.05) is 13.0 Å². The molecule has 0 saturated carbocycles. The number of amides is 1. The zero-order valence-corrected chi connectivity index (χ0v) is 12.8. The largest absolute Gasteiger partial charge is 0.316 e. The van der Waals surface area contributed by atoms with E-state index < -0.39 is 0 Å². The van der Waals surface area contributed by atoms with Crippen LogP contribution in [0.3, 0.4) is 0 Å². The number of aromatic nitrogens is 1. The molecule has 1 heterocycles. The highest BCUT2D eigenvalue weighted by Gasteiger charge is 2.07. The molecule has 0 N–H and O–H groups in total. The van der Waals surface area contributed by atoms with Crippen LogP contribution in [0.5, 0.6) is 0 Å². The summed E-state index contributed by atoms with van der Waals surface area (Å²) < 4.78 is 4.33. The maximum absolute atomic E-state index is 11.5. The number of fused-ring (bicyclic) bond motifs is 1. The molecule has 0 aliphatic heterocycles. The lowest BCUT2D eigenvalue weighted by atomic mass is 10.3. The highest BCUT2D eigenvalue weighted by molar-refractivity contribution is 9.10. The number of hydrogen-bond donors (Lipinski definition) is 0. The number of thiazole rings is 1. The first-order valence-corrected chi connectivity index (χ1v) is 7.63. The Morgan fingerprint density at radius 3 is 2.89 bits per heavy atom. The van der Waals surface area contributed by atoms with Crippen molar-refractivity contribution in [2.75, 3.05) is 0 Å². The number of nitrogens with zero attached hydrogens (tertiary/aromatic N) is 2. The molecule has 1 aromatic heterocycles. The Morgan fingerprint density at radius 1 is 1.44 bits per heavy atom. The van der Waals surface area contributed by atoms with Crippen LogP contribution in [0.25, 0.3) is 10.2 Å². The Labute approximate surface area is 118 Å². The van der Waals surface area contributed by atoms with E-state index in [1.54, 1.807) is 11.3 Å². The summed E-state index contributed by atoms with van der Waals surface area (Å²) in [7, 11) is 0. The van der Waals surface area contributed by atoms with E-state index >= 15 is 0 Å². The first-order chi connectivity index (χ1) is 8.65. The number of aryl methyl sites for hydroxylation is 1. The first kappa shape index (κ1) is 13.5. The van der Waals surface area contributed by atoms with E-state index in [4.69, 9.17) is 0 Å². The predicted molar refractivity (Wildman–Crippen MR) is 78.7 cm³/mol. The molecule has 0 unspecified atom stereocenters. The molecule has 5 heteroatoms. The molecule has 0 saturated heterocycles. The molecule has 18 heavy (non-hydrogen) atoms. The smallest absolute Gasteiger partial charge is 0.248 e. The molecule has 0 atom stereocenters. The zero-order valence-electron chi connectivity index (χ0n) is 10.4. The van der Waals surface area contributed by atoms with Gasteiger partial charge in [0.1, 0.15) is 0 Å². The molecule has 2 rings (SSSR count). The van der Waals surface area contributed by atoms with Crippen LogP contribution in [0.4, 0.5) is 0 Å². The average Bonchev–Trinajstić information content (AvgIpc) is 2.67. The van der Waals surface area contributed by atoms with Crippen molar-refractivity contribution in [1.82, 2.24) is 4.57 Å². The Balaban J connectivity index is 2.68. The van der Waals surface area contributed by atoms with Gasteiger partial charge in [0.15, 0.2) is 4.80 Å². The van der Waals surface area contributed by atoms with Crippen molar-refractivity contribution >= 4 is 43.4 Å². The number of carbonyl (C=O) groups is 1. The number of hydrogen-bond acceptors (Lipinski definition) is 2. The van der Waals surface area contributed by atoms with Gasteiger partial charge in [0.25, 0.3) is 0 Å². The summed E-state index contributed by atoms with van der Waals surface area (Å²) in [4.78, 5) is 16.5. The summed E-state index contributed by atoms with van der Waals surface area (Å²) in [6.07, 6.45) is 1.47. The minimum Gasteiger partial charge on any atom is -0.316 e. The second-order valence-corrected chi connectivity index (χ2v) is 5.93. The monoisotopic (exact) mass is 326 g/mol. The van der Waals surface area contributed by atoms with Crippen molar-refractivity contribution in [3.8, 4) is 0 Å². The quantitative estimate of drug-likeness (QED) is 0.846. The summed E-state index contributed by atoms with van der Waals surface area (Å²) in [5.41, 5.74) is 1.15. The number of halogens is 1. The van der Waals surface area contributed by atoms with E-state index in [0.29, 0.717) is 6.42 Å². The van der Waals surface area contributed by atoms with E-state index in [1.165, 1.54) is 0 Å². The highest BCUT2D eigenvalue weighted by atomic mass is 79.9. The van der Waals surface area contributed by atoms with E-state index in [2.05, 4.69) is 44.5 Å². The molecular weight excluding hydrogens is 312 g/mol. The second-order valence-electron chi connectivity index (χ2n) is 4.01.